The smallest absolute Gasteiger partial charge is 0.119 e. The van der Waals surface area contributed by atoms with Crippen LogP contribution in [0.25, 0.3) is 16.5 Å². The number of nitrogens with zero attached hydrogens (tertiary/aromatic N) is 2. The minimum Gasteiger partial charge on any atom is -0.497 e. The third-order valence-corrected chi connectivity index (χ3v) is 3.75. The van der Waals surface area contributed by atoms with Crippen LogP contribution in [0.15, 0.2) is 55.0 Å². The first kappa shape index (κ1) is 15.9. The van der Waals surface area contributed by atoms with Crippen LogP contribution in [0.1, 0.15) is 5.69 Å². The molecule has 0 amide bonds. The van der Waals surface area contributed by atoms with Gasteiger partial charge in [0.1, 0.15) is 5.75 Å². The lowest BCUT2D eigenvalue weighted by Crippen LogP contribution is -2.21. The molecular weight excluding hydrogens is 272 g/mol. The number of rotatable bonds is 6. The third kappa shape index (κ3) is 3.24. The van der Waals surface area contributed by atoms with Gasteiger partial charge in [0, 0.05) is 36.6 Å². The molecule has 0 atom stereocenters. The summed E-state index contributed by atoms with van der Waals surface area (Å²) in [6, 6.07) is 8.25. The molecule has 0 fully saturated rings. The van der Waals surface area contributed by atoms with E-state index in [4.69, 9.17) is 4.74 Å². The van der Waals surface area contributed by atoms with Gasteiger partial charge in [0.15, 0.2) is 0 Å². The molecule has 0 spiro atoms. The number of likely N-dealkylation sites (N-methyl/N-ethyl adjacent to an activating group) is 1. The van der Waals surface area contributed by atoms with Gasteiger partial charge in [-0.25, -0.2) is 0 Å². The topological polar surface area (TPSA) is 17.4 Å². The van der Waals surface area contributed by atoms with E-state index in [0.717, 1.165) is 41.0 Å². The van der Waals surface area contributed by atoms with Gasteiger partial charge < -0.3 is 9.30 Å². The van der Waals surface area contributed by atoms with E-state index in [2.05, 4.69) is 60.3 Å². The van der Waals surface area contributed by atoms with Crippen LogP contribution in [0.4, 0.5) is 0 Å². The van der Waals surface area contributed by atoms with Crippen molar-refractivity contribution in [1.82, 2.24) is 9.47 Å². The Labute approximate surface area is 132 Å². The van der Waals surface area contributed by atoms with Crippen molar-refractivity contribution in [2.24, 2.45) is 7.05 Å². The average Bonchev–Trinajstić information content (AvgIpc) is 2.86. The molecule has 22 heavy (non-hydrogen) atoms. The van der Waals surface area contributed by atoms with Gasteiger partial charge in [-0.3, -0.25) is 4.90 Å². The van der Waals surface area contributed by atoms with Crippen LogP contribution in [-0.2, 0) is 7.05 Å². The van der Waals surface area contributed by atoms with Gasteiger partial charge in [0.05, 0.1) is 12.8 Å². The molecule has 0 aliphatic rings. The standard InChI is InChI=1S/C19H22N2O/c1-6-8-11-20(3)14-15(7-2)19-13-16-12-17(22-5)9-10-18(16)21(19)4/h8-10,12-13H,1-2,11,14H2,3-5H3. The Kier molecular flexibility index (Phi) is 5.08. The summed E-state index contributed by atoms with van der Waals surface area (Å²) in [4.78, 5) is 2.17. The first-order valence-corrected chi connectivity index (χ1v) is 7.16. The van der Waals surface area contributed by atoms with E-state index in [1.807, 2.05) is 18.2 Å². The monoisotopic (exact) mass is 294 g/mol. The van der Waals surface area contributed by atoms with Crippen LogP contribution < -0.4 is 4.74 Å². The molecule has 1 aromatic heterocycles. The van der Waals surface area contributed by atoms with Gasteiger partial charge in [-0.1, -0.05) is 13.2 Å². The van der Waals surface area contributed by atoms with Crippen LogP contribution in [0.5, 0.6) is 5.75 Å². The van der Waals surface area contributed by atoms with Crippen molar-refractivity contribution >= 4 is 16.5 Å². The summed E-state index contributed by atoms with van der Waals surface area (Å²) in [5.41, 5.74) is 9.22. The molecular formula is C19H22N2O. The van der Waals surface area contributed by atoms with Crippen LogP contribution in [0, 0.1) is 0 Å². The maximum atomic E-state index is 5.30. The highest BCUT2D eigenvalue weighted by atomic mass is 16.5. The molecule has 2 rings (SSSR count). The predicted octanol–water partition coefficient (Wildman–Crippen LogP) is 3.63. The van der Waals surface area contributed by atoms with Gasteiger partial charge in [0.2, 0.25) is 0 Å². The molecule has 1 heterocycles. The first-order chi connectivity index (χ1) is 10.6. The Hall–Kier alpha value is -2.44. The van der Waals surface area contributed by atoms with Gasteiger partial charge in [-0.15, -0.1) is 11.5 Å². The van der Waals surface area contributed by atoms with E-state index in [9.17, 15) is 0 Å². The number of aryl methyl sites for hydroxylation is 1. The molecule has 0 unspecified atom stereocenters. The van der Waals surface area contributed by atoms with Crippen LogP contribution in [0.2, 0.25) is 0 Å². The van der Waals surface area contributed by atoms with Crippen molar-refractivity contribution in [3.05, 3.63) is 60.7 Å². The van der Waals surface area contributed by atoms with Crippen molar-refractivity contribution < 1.29 is 4.74 Å². The zero-order valence-corrected chi connectivity index (χ0v) is 13.5. The van der Waals surface area contributed by atoms with Gasteiger partial charge >= 0.3 is 0 Å². The number of methoxy groups -OCH3 is 1. The number of benzene rings is 1. The fourth-order valence-corrected chi connectivity index (χ4v) is 2.53. The van der Waals surface area contributed by atoms with Crippen LogP contribution >= 0.6 is 0 Å². The number of ether oxygens (including phenoxy) is 1. The fraction of sp³-hybridized carbons (Fsp3) is 0.263. The van der Waals surface area contributed by atoms with Crippen molar-refractivity contribution in [2.45, 2.75) is 0 Å². The van der Waals surface area contributed by atoms with E-state index in [1.54, 1.807) is 7.11 Å². The van der Waals surface area contributed by atoms with E-state index in [-0.39, 0.29) is 0 Å². The lowest BCUT2D eigenvalue weighted by molar-refractivity contribution is 0.415. The summed E-state index contributed by atoms with van der Waals surface area (Å²) in [6.07, 6.45) is 1.91. The SMILES string of the molecule is C=C=CCN(C)CC(=C=C)c1cc2cc(OC)ccc2n1C. The van der Waals surface area contributed by atoms with Crippen molar-refractivity contribution in [1.29, 1.82) is 0 Å². The van der Waals surface area contributed by atoms with Crippen molar-refractivity contribution in [3.63, 3.8) is 0 Å². The molecule has 3 nitrogen and oxygen atoms in total. The lowest BCUT2D eigenvalue weighted by Gasteiger charge is -2.16. The quantitative estimate of drug-likeness (QED) is 0.757. The van der Waals surface area contributed by atoms with E-state index in [0.29, 0.717) is 0 Å². The van der Waals surface area contributed by atoms with E-state index >= 15 is 0 Å². The van der Waals surface area contributed by atoms with Gasteiger partial charge in [-0.05, 0) is 37.4 Å². The highest BCUT2D eigenvalue weighted by Gasteiger charge is 2.12. The minimum atomic E-state index is 0.767. The van der Waals surface area contributed by atoms with Gasteiger partial charge in [-0.2, -0.15) is 0 Å². The maximum absolute atomic E-state index is 5.30. The number of fused-ring (bicyclic) bond motifs is 1. The summed E-state index contributed by atoms with van der Waals surface area (Å²) in [5, 5.41) is 1.15. The molecule has 114 valence electrons. The van der Waals surface area contributed by atoms with Crippen molar-refractivity contribution in [2.75, 3.05) is 27.2 Å². The second kappa shape index (κ2) is 7.02. The van der Waals surface area contributed by atoms with Crippen molar-refractivity contribution in [3.8, 4) is 5.75 Å². The third-order valence-electron chi connectivity index (χ3n) is 3.75. The summed E-state index contributed by atoms with van der Waals surface area (Å²) >= 11 is 0. The van der Waals surface area contributed by atoms with Crippen LogP contribution in [0.3, 0.4) is 0 Å². The molecule has 1 aromatic carbocycles. The Bertz CT molecular complexity index is 772. The summed E-state index contributed by atoms with van der Waals surface area (Å²) < 4.78 is 7.46. The number of hydrogen-bond donors (Lipinski definition) is 0. The van der Waals surface area contributed by atoms with E-state index < -0.39 is 0 Å². The highest BCUT2D eigenvalue weighted by molar-refractivity contribution is 5.87. The summed E-state index contributed by atoms with van der Waals surface area (Å²) in [6.45, 7) is 9.01. The minimum absolute atomic E-state index is 0.767. The molecule has 0 saturated carbocycles. The first-order valence-electron chi connectivity index (χ1n) is 7.16. The molecule has 0 aliphatic heterocycles. The Morgan fingerprint density at radius 3 is 2.77 bits per heavy atom. The molecule has 0 aliphatic carbocycles. The number of aromatic nitrogens is 1. The second-order valence-electron chi connectivity index (χ2n) is 5.27. The maximum Gasteiger partial charge on any atom is 0.119 e. The van der Waals surface area contributed by atoms with E-state index in [1.165, 1.54) is 0 Å². The Morgan fingerprint density at radius 1 is 1.36 bits per heavy atom. The molecule has 0 radical (unpaired) electrons. The van der Waals surface area contributed by atoms with Gasteiger partial charge in [0.25, 0.3) is 0 Å². The second-order valence-corrected chi connectivity index (χ2v) is 5.27. The predicted molar refractivity (Wildman–Crippen MR) is 93.2 cm³/mol. The number of hydrogen-bond acceptors (Lipinski definition) is 2. The summed E-state index contributed by atoms with van der Waals surface area (Å²) in [7, 11) is 5.80. The lowest BCUT2D eigenvalue weighted by atomic mass is 10.1. The zero-order chi connectivity index (χ0) is 16.1. The molecule has 0 bridgehead atoms. The molecule has 0 N–H and O–H groups in total. The Balaban J connectivity index is 2.37. The normalized spacial score (nSPS) is 10.4. The van der Waals surface area contributed by atoms with Crippen LogP contribution in [-0.4, -0.2) is 36.7 Å². The largest absolute Gasteiger partial charge is 0.497 e. The molecule has 0 saturated heterocycles. The molecule has 2 aromatic rings. The zero-order valence-electron chi connectivity index (χ0n) is 13.5. The summed E-state index contributed by atoms with van der Waals surface area (Å²) in [5.74, 6) is 0.863. The average molecular weight is 294 g/mol. The molecule has 3 heteroatoms. The highest BCUT2D eigenvalue weighted by Crippen LogP contribution is 2.27. The fourth-order valence-electron chi connectivity index (χ4n) is 2.53. The Morgan fingerprint density at radius 2 is 2.14 bits per heavy atom.